The van der Waals surface area contributed by atoms with Gasteiger partial charge in [0, 0.05) is 31.7 Å². The van der Waals surface area contributed by atoms with Gasteiger partial charge in [0.25, 0.3) is 0 Å². The van der Waals surface area contributed by atoms with Crippen molar-refractivity contribution in [2.45, 2.75) is 19.4 Å². The molecule has 2 N–H and O–H groups in total. The smallest absolute Gasteiger partial charge is 0.0638 e. The number of nitrogens with zero attached hydrogens (tertiary/aromatic N) is 1. The molecule has 1 aliphatic heterocycles. The summed E-state index contributed by atoms with van der Waals surface area (Å²) in [5, 5.41) is 12.6. The lowest BCUT2D eigenvalue weighted by Crippen LogP contribution is -2.44. The Balaban J connectivity index is 2.43. The molecule has 15 heavy (non-hydrogen) atoms. The molecule has 0 aromatic heterocycles. The van der Waals surface area contributed by atoms with E-state index in [1.165, 1.54) is 0 Å². The predicted octanol–water partition coefficient (Wildman–Crippen LogP) is -0.0749. The maximum Gasteiger partial charge on any atom is 0.0638 e. The zero-order valence-electron chi connectivity index (χ0n) is 10.1. The van der Waals surface area contributed by atoms with E-state index in [0.717, 1.165) is 39.3 Å². The number of hydrogen-bond acceptors (Lipinski definition) is 4. The lowest BCUT2D eigenvalue weighted by molar-refractivity contribution is 0.0896. The molecule has 2 atom stereocenters. The fraction of sp³-hybridized carbons (Fsp3) is 1.00. The van der Waals surface area contributed by atoms with Gasteiger partial charge in [-0.3, -0.25) is 0 Å². The minimum Gasteiger partial charge on any atom is -0.392 e. The molecule has 0 aromatic carbocycles. The fourth-order valence-corrected chi connectivity index (χ4v) is 2.43. The van der Waals surface area contributed by atoms with Crippen molar-refractivity contribution in [1.82, 2.24) is 10.2 Å². The highest BCUT2D eigenvalue weighted by Crippen LogP contribution is 2.28. The van der Waals surface area contributed by atoms with Crippen molar-refractivity contribution in [2.75, 3.05) is 46.9 Å². The van der Waals surface area contributed by atoms with Gasteiger partial charge in [0.15, 0.2) is 0 Å². The van der Waals surface area contributed by atoms with Crippen LogP contribution in [0.25, 0.3) is 0 Å². The molecule has 0 bridgehead atoms. The largest absolute Gasteiger partial charge is 0.392 e. The van der Waals surface area contributed by atoms with E-state index in [1.807, 2.05) is 14.0 Å². The van der Waals surface area contributed by atoms with Crippen LogP contribution in [0, 0.1) is 5.41 Å². The van der Waals surface area contributed by atoms with E-state index in [2.05, 4.69) is 17.3 Å². The van der Waals surface area contributed by atoms with Crippen LogP contribution in [0.1, 0.15) is 13.3 Å². The van der Waals surface area contributed by atoms with E-state index in [1.54, 1.807) is 0 Å². The molecule has 0 aliphatic carbocycles. The molecule has 0 saturated carbocycles. The van der Waals surface area contributed by atoms with Gasteiger partial charge in [-0.1, -0.05) is 0 Å². The van der Waals surface area contributed by atoms with Crippen LogP contribution in [0.4, 0.5) is 0 Å². The highest BCUT2D eigenvalue weighted by atomic mass is 16.5. The molecule has 1 saturated heterocycles. The molecule has 1 heterocycles. The molecule has 1 rings (SSSR count). The van der Waals surface area contributed by atoms with Gasteiger partial charge in [-0.2, -0.15) is 0 Å². The first-order valence-corrected chi connectivity index (χ1v) is 5.67. The molecule has 1 aliphatic rings. The third-order valence-corrected chi connectivity index (χ3v) is 2.92. The van der Waals surface area contributed by atoms with Crippen LogP contribution in [-0.2, 0) is 4.74 Å². The van der Waals surface area contributed by atoms with Crippen LogP contribution in [0.2, 0.25) is 0 Å². The second kappa shape index (κ2) is 5.80. The van der Waals surface area contributed by atoms with Crippen LogP contribution in [0.3, 0.4) is 0 Å². The van der Waals surface area contributed by atoms with Crippen LogP contribution in [-0.4, -0.2) is 63.1 Å². The first-order chi connectivity index (χ1) is 7.08. The highest BCUT2D eigenvalue weighted by molar-refractivity contribution is 4.87. The fourth-order valence-electron chi connectivity index (χ4n) is 2.43. The zero-order chi connectivity index (χ0) is 11.3. The quantitative estimate of drug-likeness (QED) is 0.652. The molecule has 4 nitrogen and oxygen atoms in total. The van der Waals surface area contributed by atoms with Gasteiger partial charge < -0.3 is 20.1 Å². The van der Waals surface area contributed by atoms with E-state index in [4.69, 9.17) is 4.74 Å². The molecule has 2 unspecified atom stereocenters. The van der Waals surface area contributed by atoms with Crippen molar-refractivity contribution in [3.63, 3.8) is 0 Å². The number of aliphatic hydroxyl groups excluding tert-OH is 1. The van der Waals surface area contributed by atoms with Crippen molar-refractivity contribution in [1.29, 1.82) is 0 Å². The van der Waals surface area contributed by atoms with Crippen molar-refractivity contribution < 1.29 is 9.84 Å². The number of nitrogens with one attached hydrogen (secondary N) is 1. The lowest BCUT2D eigenvalue weighted by atomic mass is 9.86. The summed E-state index contributed by atoms with van der Waals surface area (Å²) >= 11 is 0. The summed E-state index contributed by atoms with van der Waals surface area (Å²) in [5.41, 5.74) is 0.235. The molecular weight excluding hydrogens is 192 g/mol. The third kappa shape index (κ3) is 4.07. The summed E-state index contributed by atoms with van der Waals surface area (Å²) < 4.78 is 5.49. The Morgan fingerprint density at radius 2 is 2.33 bits per heavy atom. The van der Waals surface area contributed by atoms with Crippen LogP contribution in [0.15, 0.2) is 0 Å². The standard InChI is InChI=1S/C11H24N2O2/c1-10(14)6-13(3)8-11(7-12-2)4-5-15-9-11/h10,12,14H,4-9H2,1-3H3. The minimum atomic E-state index is -0.260. The zero-order valence-corrected chi connectivity index (χ0v) is 10.1. The predicted molar refractivity (Wildman–Crippen MR) is 61.0 cm³/mol. The van der Waals surface area contributed by atoms with Gasteiger partial charge in [0.2, 0.25) is 0 Å². The van der Waals surface area contributed by atoms with Crippen molar-refractivity contribution in [3.8, 4) is 0 Å². The van der Waals surface area contributed by atoms with Gasteiger partial charge in [0.1, 0.15) is 0 Å². The maximum atomic E-state index is 9.32. The SMILES string of the molecule is CNCC1(CN(C)CC(C)O)CCOC1. The summed E-state index contributed by atoms with van der Waals surface area (Å²) in [6.45, 7) is 6.22. The summed E-state index contributed by atoms with van der Waals surface area (Å²) in [4.78, 5) is 2.19. The summed E-state index contributed by atoms with van der Waals surface area (Å²) in [6, 6.07) is 0. The summed E-state index contributed by atoms with van der Waals surface area (Å²) in [5.74, 6) is 0. The summed E-state index contributed by atoms with van der Waals surface area (Å²) in [6.07, 6.45) is 0.849. The Kier molecular flexibility index (Phi) is 4.99. The van der Waals surface area contributed by atoms with Gasteiger partial charge in [-0.05, 0) is 27.4 Å². The second-order valence-corrected chi connectivity index (χ2v) is 4.88. The average Bonchev–Trinajstić information content (AvgIpc) is 2.51. The Labute approximate surface area is 92.6 Å². The third-order valence-electron chi connectivity index (χ3n) is 2.92. The average molecular weight is 216 g/mol. The van der Waals surface area contributed by atoms with E-state index in [-0.39, 0.29) is 11.5 Å². The second-order valence-electron chi connectivity index (χ2n) is 4.88. The van der Waals surface area contributed by atoms with Gasteiger partial charge in [-0.25, -0.2) is 0 Å². The first-order valence-electron chi connectivity index (χ1n) is 5.67. The molecular formula is C11H24N2O2. The molecule has 90 valence electrons. The molecule has 0 amide bonds. The van der Waals surface area contributed by atoms with Gasteiger partial charge >= 0.3 is 0 Å². The minimum absolute atomic E-state index is 0.235. The van der Waals surface area contributed by atoms with E-state index in [0.29, 0.717) is 0 Å². The van der Waals surface area contributed by atoms with Crippen molar-refractivity contribution >= 4 is 0 Å². The molecule has 0 aromatic rings. The van der Waals surface area contributed by atoms with Gasteiger partial charge in [0.05, 0.1) is 12.7 Å². The first kappa shape index (κ1) is 12.9. The number of hydrogen-bond donors (Lipinski definition) is 2. The Bertz CT molecular complexity index is 179. The molecule has 4 heteroatoms. The van der Waals surface area contributed by atoms with E-state index >= 15 is 0 Å². The van der Waals surface area contributed by atoms with Crippen molar-refractivity contribution in [3.05, 3.63) is 0 Å². The number of rotatable bonds is 6. The van der Waals surface area contributed by atoms with Crippen molar-refractivity contribution in [2.24, 2.45) is 5.41 Å². The Morgan fingerprint density at radius 1 is 1.60 bits per heavy atom. The van der Waals surface area contributed by atoms with E-state index < -0.39 is 0 Å². The lowest BCUT2D eigenvalue weighted by Gasteiger charge is -2.32. The molecule has 0 radical (unpaired) electrons. The molecule has 1 fully saturated rings. The maximum absolute atomic E-state index is 9.32. The van der Waals surface area contributed by atoms with Crippen LogP contribution < -0.4 is 5.32 Å². The normalized spacial score (nSPS) is 28.6. The number of likely N-dealkylation sites (N-methyl/N-ethyl adjacent to an activating group) is 1. The Morgan fingerprint density at radius 3 is 2.80 bits per heavy atom. The van der Waals surface area contributed by atoms with Crippen LogP contribution in [0.5, 0.6) is 0 Å². The highest BCUT2D eigenvalue weighted by Gasteiger charge is 2.35. The number of ether oxygens (including phenoxy) is 1. The monoisotopic (exact) mass is 216 g/mol. The molecule has 0 spiro atoms. The van der Waals surface area contributed by atoms with E-state index in [9.17, 15) is 5.11 Å². The Hall–Kier alpha value is -0.160. The van der Waals surface area contributed by atoms with Crippen LogP contribution >= 0.6 is 0 Å². The topological polar surface area (TPSA) is 44.7 Å². The van der Waals surface area contributed by atoms with Gasteiger partial charge in [-0.15, -0.1) is 0 Å². The summed E-state index contributed by atoms with van der Waals surface area (Å²) in [7, 11) is 4.04. The number of aliphatic hydroxyl groups is 1.